The lowest BCUT2D eigenvalue weighted by Gasteiger charge is -2.17. The fourth-order valence-corrected chi connectivity index (χ4v) is 3.76. The molecule has 0 fully saturated rings. The number of carbonyl (C=O) groups is 1. The minimum atomic E-state index is -0.494. The summed E-state index contributed by atoms with van der Waals surface area (Å²) in [7, 11) is 0. The Hall–Kier alpha value is -3.03. The van der Waals surface area contributed by atoms with Crippen molar-refractivity contribution in [2.75, 3.05) is 5.32 Å². The molecule has 0 unspecified atom stereocenters. The third-order valence-electron chi connectivity index (χ3n) is 3.91. The summed E-state index contributed by atoms with van der Waals surface area (Å²) in [5, 5.41) is 14.1. The highest BCUT2D eigenvalue weighted by Crippen LogP contribution is 2.39. The number of furan rings is 1. The van der Waals surface area contributed by atoms with Gasteiger partial charge in [0, 0.05) is 28.7 Å². The number of thioether (sulfide) groups is 1. The van der Waals surface area contributed by atoms with Crippen molar-refractivity contribution in [2.45, 2.75) is 4.90 Å². The van der Waals surface area contributed by atoms with E-state index in [0.717, 1.165) is 10.6 Å². The van der Waals surface area contributed by atoms with Gasteiger partial charge in [0.2, 0.25) is 0 Å². The van der Waals surface area contributed by atoms with E-state index in [1.807, 2.05) is 24.3 Å². The number of anilines is 1. The summed E-state index contributed by atoms with van der Waals surface area (Å²) < 4.78 is 5.75. The fraction of sp³-hybridized carbons (Fsp3) is 0. The van der Waals surface area contributed by atoms with Crippen LogP contribution in [0.2, 0.25) is 5.02 Å². The molecular formula is C19H11ClN2O4S. The van der Waals surface area contributed by atoms with Crippen molar-refractivity contribution in [2.24, 2.45) is 0 Å². The highest BCUT2D eigenvalue weighted by atomic mass is 35.5. The maximum atomic E-state index is 12.3. The van der Waals surface area contributed by atoms with Gasteiger partial charge in [-0.05, 0) is 30.3 Å². The Kier molecular flexibility index (Phi) is 4.47. The van der Waals surface area contributed by atoms with Crippen molar-refractivity contribution >= 4 is 46.7 Å². The van der Waals surface area contributed by atoms with Crippen molar-refractivity contribution in [3.63, 3.8) is 0 Å². The summed E-state index contributed by atoms with van der Waals surface area (Å²) in [6.45, 7) is 0. The first-order valence-electron chi connectivity index (χ1n) is 7.85. The van der Waals surface area contributed by atoms with Crippen LogP contribution in [0.4, 0.5) is 11.4 Å². The van der Waals surface area contributed by atoms with Crippen molar-refractivity contribution in [1.29, 1.82) is 0 Å². The van der Waals surface area contributed by atoms with Gasteiger partial charge >= 0.3 is 0 Å². The summed E-state index contributed by atoms with van der Waals surface area (Å²) in [4.78, 5) is 24.2. The Labute approximate surface area is 163 Å². The van der Waals surface area contributed by atoms with Crippen LogP contribution >= 0.6 is 23.4 Å². The molecule has 1 N–H and O–H groups in total. The van der Waals surface area contributed by atoms with Gasteiger partial charge < -0.3 is 9.73 Å². The van der Waals surface area contributed by atoms with E-state index in [0.29, 0.717) is 27.0 Å². The normalized spacial score (nSPS) is 14.7. The van der Waals surface area contributed by atoms with Crippen molar-refractivity contribution in [3.05, 3.63) is 80.4 Å². The number of non-ortho nitro benzene ring substituents is 1. The molecule has 0 saturated heterocycles. The number of para-hydroxylation sites is 1. The maximum absolute atomic E-state index is 12.3. The van der Waals surface area contributed by atoms with Crippen molar-refractivity contribution < 1.29 is 14.1 Å². The summed E-state index contributed by atoms with van der Waals surface area (Å²) in [5.74, 6) is 0.617. The molecule has 0 spiro atoms. The highest BCUT2D eigenvalue weighted by molar-refractivity contribution is 8.04. The second kappa shape index (κ2) is 6.94. The number of hydrogen-bond donors (Lipinski definition) is 1. The number of amides is 1. The van der Waals surface area contributed by atoms with E-state index in [1.165, 1.54) is 30.0 Å². The molecule has 0 radical (unpaired) electrons. The van der Waals surface area contributed by atoms with Gasteiger partial charge in [-0.15, -0.1) is 0 Å². The summed E-state index contributed by atoms with van der Waals surface area (Å²) in [5.41, 5.74) is 1.11. The molecule has 2 aromatic carbocycles. The molecule has 3 aromatic rings. The fourth-order valence-electron chi connectivity index (χ4n) is 2.62. The van der Waals surface area contributed by atoms with Crippen LogP contribution in [0.3, 0.4) is 0 Å². The van der Waals surface area contributed by atoms with Crippen molar-refractivity contribution in [3.8, 4) is 11.3 Å². The zero-order valence-electron chi connectivity index (χ0n) is 13.6. The molecule has 1 aliphatic heterocycles. The van der Waals surface area contributed by atoms with Gasteiger partial charge in [0.1, 0.15) is 11.5 Å². The van der Waals surface area contributed by atoms with Crippen LogP contribution in [-0.2, 0) is 4.79 Å². The minimum Gasteiger partial charge on any atom is -0.457 e. The Balaban J connectivity index is 1.66. The second-order valence-corrected chi connectivity index (χ2v) is 7.18. The number of fused-ring (bicyclic) bond motifs is 1. The van der Waals surface area contributed by atoms with Crippen molar-refractivity contribution in [1.82, 2.24) is 0 Å². The molecule has 8 heteroatoms. The van der Waals surface area contributed by atoms with Crippen LogP contribution in [0.15, 0.2) is 68.8 Å². The molecule has 0 aliphatic carbocycles. The van der Waals surface area contributed by atoms with Crippen LogP contribution in [0, 0.1) is 10.1 Å². The molecule has 27 heavy (non-hydrogen) atoms. The van der Waals surface area contributed by atoms with Gasteiger partial charge in [-0.1, -0.05) is 35.5 Å². The lowest BCUT2D eigenvalue weighted by Crippen LogP contribution is -2.16. The minimum absolute atomic E-state index is 0.0791. The predicted molar refractivity (Wildman–Crippen MR) is 105 cm³/mol. The number of nitro groups is 1. The molecule has 4 rings (SSSR count). The molecule has 0 bridgehead atoms. The number of benzene rings is 2. The van der Waals surface area contributed by atoms with Crippen LogP contribution in [0.1, 0.15) is 5.76 Å². The van der Waals surface area contributed by atoms with Gasteiger partial charge in [-0.3, -0.25) is 14.9 Å². The van der Waals surface area contributed by atoms with E-state index >= 15 is 0 Å². The smallest absolute Gasteiger partial charge is 0.270 e. The summed E-state index contributed by atoms with van der Waals surface area (Å²) in [6.07, 6.45) is 1.63. The first kappa shape index (κ1) is 17.4. The second-order valence-electron chi connectivity index (χ2n) is 5.68. The van der Waals surface area contributed by atoms with Gasteiger partial charge in [0.25, 0.3) is 11.6 Å². The largest absolute Gasteiger partial charge is 0.457 e. The number of halogens is 1. The quantitative estimate of drug-likeness (QED) is 0.353. The lowest BCUT2D eigenvalue weighted by molar-refractivity contribution is -0.384. The van der Waals surface area contributed by atoms with Crippen LogP contribution in [0.5, 0.6) is 0 Å². The predicted octanol–water partition coefficient (Wildman–Crippen LogP) is 5.59. The maximum Gasteiger partial charge on any atom is 0.270 e. The average molecular weight is 399 g/mol. The Bertz CT molecular complexity index is 1110. The third-order valence-corrected chi connectivity index (χ3v) is 5.33. The highest BCUT2D eigenvalue weighted by Gasteiger charge is 2.21. The SMILES string of the molecule is O=C1Nc2ccccc2S/C1=C\c1ccc(-c2cc([N+](=O)[O-])ccc2Cl)o1. The van der Waals surface area contributed by atoms with Crippen LogP contribution < -0.4 is 5.32 Å². The third kappa shape index (κ3) is 3.47. The zero-order chi connectivity index (χ0) is 19.0. The molecule has 134 valence electrons. The van der Waals surface area contributed by atoms with Gasteiger partial charge in [-0.2, -0.15) is 0 Å². The topological polar surface area (TPSA) is 85.4 Å². The molecule has 0 saturated carbocycles. The number of nitrogens with zero attached hydrogens (tertiary/aromatic N) is 1. The van der Waals surface area contributed by atoms with E-state index < -0.39 is 4.92 Å². The number of hydrogen-bond acceptors (Lipinski definition) is 5. The number of carbonyl (C=O) groups excluding carboxylic acids is 1. The van der Waals surface area contributed by atoms with E-state index in [4.69, 9.17) is 16.0 Å². The first-order valence-corrected chi connectivity index (χ1v) is 9.05. The number of nitro benzene ring substituents is 1. The molecule has 0 atom stereocenters. The molecule has 6 nitrogen and oxygen atoms in total. The summed E-state index contributed by atoms with van der Waals surface area (Å²) in [6, 6.07) is 15.0. The van der Waals surface area contributed by atoms with E-state index in [-0.39, 0.29) is 11.6 Å². The molecule has 1 amide bonds. The van der Waals surface area contributed by atoms with E-state index in [2.05, 4.69) is 5.32 Å². The van der Waals surface area contributed by atoms with Crippen LogP contribution in [-0.4, -0.2) is 10.8 Å². The lowest BCUT2D eigenvalue weighted by atomic mass is 10.1. The molecule has 2 heterocycles. The Morgan fingerprint density at radius 2 is 1.96 bits per heavy atom. The zero-order valence-corrected chi connectivity index (χ0v) is 15.2. The standard InChI is InChI=1S/C19H11ClN2O4S/c20-14-7-5-11(22(24)25)9-13(14)16-8-6-12(26-16)10-18-19(23)21-15-3-1-2-4-17(15)27-18/h1-10H,(H,21,23)/b18-10-. The molecular weight excluding hydrogens is 388 g/mol. The number of rotatable bonds is 3. The van der Waals surface area contributed by atoms with Crippen LogP contribution in [0.25, 0.3) is 17.4 Å². The summed E-state index contributed by atoms with van der Waals surface area (Å²) >= 11 is 7.50. The average Bonchev–Trinajstić information content (AvgIpc) is 3.11. The van der Waals surface area contributed by atoms with E-state index in [1.54, 1.807) is 18.2 Å². The number of nitrogens with one attached hydrogen (secondary N) is 1. The Morgan fingerprint density at radius 1 is 1.15 bits per heavy atom. The van der Waals surface area contributed by atoms with Gasteiger partial charge in [0.15, 0.2) is 0 Å². The first-order chi connectivity index (χ1) is 13.0. The monoisotopic (exact) mass is 398 g/mol. The van der Waals surface area contributed by atoms with E-state index in [9.17, 15) is 14.9 Å². The molecule has 1 aliphatic rings. The molecule has 1 aromatic heterocycles. The Morgan fingerprint density at radius 3 is 2.78 bits per heavy atom. The van der Waals surface area contributed by atoms with Gasteiger partial charge in [-0.25, -0.2) is 0 Å². The van der Waals surface area contributed by atoms with Gasteiger partial charge in [0.05, 0.1) is 20.5 Å².